The lowest BCUT2D eigenvalue weighted by Crippen LogP contribution is -2.13. The van der Waals surface area contributed by atoms with Gasteiger partial charge < -0.3 is 15.6 Å². The van der Waals surface area contributed by atoms with Crippen molar-refractivity contribution in [3.05, 3.63) is 35.1 Å². The molecule has 0 aliphatic carbocycles. The number of nitrogen functional groups attached to an aromatic ring is 1. The first-order valence-corrected chi connectivity index (χ1v) is 5.71. The highest BCUT2D eigenvalue weighted by Crippen LogP contribution is 2.28. The van der Waals surface area contributed by atoms with Crippen molar-refractivity contribution >= 4 is 23.0 Å². The Kier molecular flexibility index (Phi) is 3.38. The lowest BCUT2D eigenvalue weighted by molar-refractivity contribution is 0.629. The maximum Gasteiger partial charge on any atom is 0.154 e. The van der Waals surface area contributed by atoms with E-state index in [0.29, 0.717) is 11.4 Å². The van der Waals surface area contributed by atoms with E-state index in [1.807, 2.05) is 14.0 Å². The van der Waals surface area contributed by atoms with Crippen molar-refractivity contribution in [3.8, 4) is 0 Å². The summed E-state index contributed by atoms with van der Waals surface area (Å²) in [6.45, 7) is 1.90. The summed E-state index contributed by atoms with van der Waals surface area (Å²) in [5.41, 5.74) is 6.59. The molecule has 1 unspecified atom stereocenters. The average Bonchev–Trinajstić information content (AvgIpc) is 2.72. The lowest BCUT2D eigenvalue weighted by Gasteiger charge is -2.16. The first kappa shape index (κ1) is 12.6. The molecule has 2 rings (SSSR count). The molecule has 1 heterocycles. The number of aromatic nitrogens is 3. The summed E-state index contributed by atoms with van der Waals surface area (Å²) in [6.07, 6.45) is 1.61. The molecule has 0 aliphatic heterocycles. The Hall–Kier alpha value is -1.82. The molecule has 0 radical (unpaired) electrons. The third kappa shape index (κ3) is 2.38. The summed E-state index contributed by atoms with van der Waals surface area (Å²) in [4.78, 5) is 0. The van der Waals surface area contributed by atoms with E-state index in [0.717, 1.165) is 5.82 Å². The maximum absolute atomic E-state index is 13.2. The van der Waals surface area contributed by atoms with Gasteiger partial charge in [-0.15, -0.1) is 10.2 Å². The van der Waals surface area contributed by atoms with Crippen molar-refractivity contribution in [1.29, 1.82) is 0 Å². The second kappa shape index (κ2) is 4.81. The highest BCUT2D eigenvalue weighted by Gasteiger charge is 2.13. The van der Waals surface area contributed by atoms with Crippen LogP contribution < -0.4 is 11.1 Å². The van der Waals surface area contributed by atoms with Crippen LogP contribution in [0.15, 0.2) is 18.5 Å². The van der Waals surface area contributed by atoms with Gasteiger partial charge in [0.25, 0.3) is 0 Å². The number of nitrogens with two attached hydrogens (primary N) is 1. The van der Waals surface area contributed by atoms with Gasteiger partial charge in [-0.1, -0.05) is 11.6 Å². The molecule has 1 atom stereocenters. The Morgan fingerprint density at radius 3 is 2.83 bits per heavy atom. The first-order chi connectivity index (χ1) is 8.49. The molecule has 7 heteroatoms. The maximum atomic E-state index is 13.2. The predicted octanol–water partition coefficient (Wildman–Crippen LogP) is 2.36. The van der Waals surface area contributed by atoms with Crippen LogP contribution in [0.3, 0.4) is 0 Å². The molecule has 2 aromatic rings. The number of nitrogens with one attached hydrogen (secondary N) is 1. The molecule has 3 N–H and O–H groups in total. The molecule has 0 saturated carbocycles. The molecule has 0 amide bonds. The second-order valence-corrected chi connectivity index (χ2v) is 4.43. The van der Waals surface area contributed by atoms with Crippen LogP contribution in [-0.2, 0) is 7.05 Å². The summed E-state index contributed by atoms with van der Waals surface area (Å²) in [5.74, 6) is 0.209. The topological polar surface area (TPSA) is 68.8 Å². The highest BCUT2D eigenvalue weighted by molar-refractivity contribution is 6.31. The molecule has 0 aliphatic rings. The molecular weight excluding hydrogens is 257 g/mol. The average molecular weight is 270 g/mol. The molecule has 1 aromatic carbocycles. The Bertz CT molecular complexity index is 569. The van der Waals surface area contributed by atoms with Crippen LogP contribution in [0.2, 0.25) is 5.02 Å². The van der Waals surface area contributed by atoms with Crippen LogP contribution in [0.4, 0.5) is 15.8 Å². The number of aryl methyl sites for hydroxylation is 1. The summed E-state index contributed by atoms with van der Waals surface area (Å²) in [7, 11) is 1.84. The van der Waals surface area contributed by atoms with Gasteiger partial charge >= 0.3 is 0 Å². The summed E-state index contributed by atoms with van der Waals surface area (Å²) >= 11 is 5.72. The monoisotopic (exact) mass is 269 g/mol. The Morgan fingerprint density at radius 1 is 1.50 bits per heavy atom. The van der Waals surface area contributed by atoms with Crippen LogP contribution >= 0.6 is 11.6 Å². The summed E-state index contributed by atoms with van der Waals surface area (Å²) in [6, 6.07) is 2.52. The van der Waals surface area contributed by atoms with Crippen LogP contribution in [0.5, 0.6) is 0 Å². The van der Waals surface area contributed by atoms with Gasteiger partial charge in [-0.05, 0) is 13.0 Å². The third-order valence-electron chi connectivity index (χ3n) is 2.60. The number of rotatable bonds is 3. The van der Waals surface area contributed by atoms with E-state index in [4.69, 9.17) is 17.3 Å². The van der Waals surface area contributed by atoms with E-state index in [9.17, 15) is 4.39 Å². The van der Waals surface area contributed by atoms with Gasteiger partial charge in [-0.2, -0.15) is 0 Å². The molecule has 0 fully saturated rings. The van der Waals surface area contributed by atoms with Crippen LogP contribution in [-0.4, -0.2) is 14.8 Å². The van der Waals surface area contributed by atoms with Gasteiger partial charge in [-0.3, -0.25) is 0 Å². The zero-order valence-corrected chi connectivity index (χ0v) is 10.7. The fourth-order valence-corrected chi connectivity index (χ4v) is 1.83. The van der Waals surface area contributed by atoms with E-state index in [2.05, 4.69) is 15.5 Å². The highest BCUT2D eigenvalue weighted by atomic mass is 35.5. The number of nitrogens with zero attached hydrogens (tertiary/aromatic N) is 3. The van der Waals surface area contributed by atoms with Gasteiger partial charge in [0.2, 0.25) is 0 Å². The Labute approximate surface area is 109 Å². The quantitative estimate of drug-likeness (QED) is 0.840. The lowest BCUT2D eigenvalue weighted by atomic mass is 10.2. The normalized spacial score (nSPS) is 12.4. The van der Waals surface area contributed by atoms with Crippen LogP contribution in [0, 0.1) is 5.82 Å². The molecule has 0 spiro atoms. The van der Waals surface area contributed by atoms with E-state index in [-0.39, 0.29) is 11.1 Å². The zero-order chi connectivity index (χ0) is 13.3. The van der Waals surface area contributed by atoms with E-state index in [1.54, 1.807) is 10.9 Å². The zero-order valence-electron chi connectivity index (χ0n) is 9.98. The standard InChI is InChI=1S/C11H13ClFN5/c1-6(11-17-15-5-18(11)2)16-10-3-7(12)8(13)4-9(10)14/h3-6,16H,14H2,1-2H3. The number of halogens is 2. The van der Waals surface area contributed by atoms with Crippen molar-refractivity contribution in [3.63, 3.8) is 0 Å². The number of anilines is 2. The van der Waals surface area contributed by atoms with Gasteiger partial charge in [-0.25, -0.2) is 4.39 Å². The van der Waals surface area contributed by atoms with E-state index >= 15 is 0 Å². The molecule has 1 aromatic heterocycles. The fourth-order valence-electron chi connectivity index (χ4n) is 1.67. The Balaban J connectivity index is 2.24. The number of benzene rings is 1. The SMILES string of the molecule is CC(Nc1cc(Cl)c(F)cc1N)c1nncn1C. The molecule has 0 saturated heterocycles. The molecule has 0 bridgehead atoms. The van der Waals surface area contributed by atoms with Crippen molar-refractivity contribution in [2.45, 2.75) is 13.0 Å². The Morgan fingerprint density at radius 2 is 2.22 bits per heavy atom. The van der Waals surface area contributed by atoms with Crippen molar-refractivity contribution in [1.82, 2.24) is 14.8 Å². The largest absolute Gasteiger partial charge is 0.397 e. The van der Waals surface area contributed by atoms with Gasteiger partial charge in [0.15, 0.2) is 5.82 Å². The minimum atomic E-state index is -0.536. The minimum Gasteiger partial charge on any atom is -0.397 e. The molecule has 5 nitrogen and oxygen atoms in total. The molecular formula is C11H13ClFN5. The first-order valence-electron chi connectivity index (χ1n) is 5.34. The fraction of sp³-hybridized carbons (Fsp3) is 0.273. The smallest absolute Gasteiger partial charge is 0.154 e. The predicted molar refractivity (Wildman–Crippen MR) is 68.9 cm³/mol. The molecule has 96 valence electrons. The van der Waals surface area contributed by atoms with E-state index in [1.165, 1.54) is 12.1 Å². The van der Waals surface area contributed by atoms with Crippen LogP contribution in [0.1, 0.15) is 18.8 Å². The summed E-state index contributed by atoms with van der Waals surface area (Å²) in [5, 5.41) is 10.9. The third-order valence-corrected chi connectivity index (χ3v) is 2.89. The number of hydrogen-bond donors (Lipinski definition) is 2. The summed E-state index contributed by atoms with van der Waals surface area (Å²) < 4.78 is 15.0. The van der Waals surface area contributed by atoms with E-state index < -0.39 is 5.82 Å². The van der Waals surface area contributed by atoms with Crippen molar-refractivity contribution < 1.29 is 4.39 Å². The van der Waals surface area contributed by atoms with Gasteiger partial charge in [0, 0.05) is 13.1 Å². The van der Waals surface area contributed by atoms with Crippen molar-refractivity contribution in [2.24, 2.45) is 7.05 Å². The second-order valence-electron chi connectivity index (χ2n) is 4.02. The van der Waals surface area contributed by atoms with Crippen LogP contribution in [0.25, 0.3) is 0 Å². The molecule has 18 heavy (non-hydrogen) atoms. The number of hydrogen-bond acceptors (Lipinski definition) is 4. The van der Waals surface area contributed by atoms with Gasteiger partial charge in [0.1, 0.15) is 12.1 Å². The van der Waals surface area contributed by atoms with Crippen molar-refractivity contribution in [2.75, 3.05) is 11.1 Å². The van der Waals surface area contributed by atoms with Gasteiger partial charge in [0.05, 0.1) is 22.4 Å². The minimum absolute atomic E-state index is 0.0249.